The number of aromatic amines is 1. The summed E-state index contributed by atoms with van der Waals surface area (Å²) in [5, 5.41) is 18.5. The quantitative estimate of drug-likeness (QED) is 0.515. The van der Waals surface area contributed by atoms with Crippen molar-refractivity contribution in [2.24, 2.45) is 0 Å². The second-order valence-corrected chi connectivity index (χ2v) is 2.87. The van der Waals surface area contributed by atoms with E-state index in [-0.39, 0.29) is 12.1 Å². The minimum absolute atomic E-state index is 0.271. The van der Waals surface area contributed by atoms with Gasteiger partial charge in [0.25, 0.3) is 0 Å². The van der Waals surface area contributed by atoms with Crippen LogP contribution in [-0.2, 0) is 0 Å². The van der Waals surface area contributed by atoms with Crippen molar-refractivity contribution in [2.45, 2.75) is 25.9 Å². The molecule has 0 radical (unpaired) electrons. The number of aliphatic hydroxyl groups is 1. The highest BCUT2D eigenvalue weighted by molar-refractivity contribution is 5.29. The first-order valence-electron chi connectivity index (χ1n) is 4.32. The molecular formula is C7H15N5O. The summed E-state index contributed by atoms with van der Waals surface area (Å²) in [6, 6.07) is 0. The summed E-state index contributed by atoms with van der Waals surface area (Å²) in [5.41, 5.74) is 5.31. The van der Waals surface area contributed by atoms with Gasteiger partial charge in [0.15, 0.2) is 0 Å². The Kier molecular flexibility index (Phi) is 3.51. The molecule has 0 bridgehead atoms. The summed E-state index contributed by atoms with van der Waals surface area (Å²) in [6.45, 7) is 2.47. The molecule has 0 aliphatic heterocycles. The van der Waals surface area contributed by atoms with E-state index in [1.54, 1.807) is 0 Å². The van der Waals surface area contributed by atoms with E-state index in [1.807, 2.05) is 6.92 Å². The lowest BCUT2D eigenvalue weighted by molar-refractivity contribution is 0.176. The molecule has 0 fully saturated rings. The van der Waals surface area contributed by atoms with Crippen molar-refractivity contribution >= 4 is 11.9 Å². The SMILES string of the molecule is CCCC(O)CNc1n[nH]c(N)n1. The lowest BCUT2D eigenvalue weighted by Crippen LogP contribution is -2.19. The molecule has 74 valence electrons. The number of nitrogens with one attached hydrogen (secondary N) is 2. The Morgan fingerprint density at radius 2 is 2.46 bits per heavy atom. The van der Waals surface area contributed by atoms with E-state index >= 15 is 0 Å². The molecule has 1 aromatic heterocycles. The van der Waals surface area contributed by atoms with Crippen LogP contribution in [0.3, 0.4) is 0 Å². The first-order chi connectivity index (χ1) is 6.22. The molecule has 0 aromatic carbocycles. The normalized spacial score (nSPS) is 12.8. The lowest BCUT2D eigenvalue weighted by atomic mass is 10.2. The number of rotatable bonds is 5. The third-order valence-electron chi connectivity index (χ3n) is 1.62. The molecule has 0 saturated heterocycles. The second kappa shape index (κ2) is 4.66. The van der Waals surface area contributed by atoms with Crippen LogP contribution < -0.4 is 11.1 Å². The van der Waals surface area contributed by atoms with E-state index in [1.165, 1.54) is 0 Å². The number of hydrogen-bond donors (Lipinski definition) is 4. The molecule has 1 rings (SSSR count). The van der Waals surface area contributed by atoms with Crippen LogP contribution in [0.25, 0.3) is 0 Å². The Balaban J connectivity index is 2.26. The van der Waals surface area contributed by atoms with Crippen LogP contribution in [0.2, 0.25) is 0 Å². The maximum atomic E-state index is 9.36. The van der Waals surface area contributed by atoms with Gasteiger partial charge in [-0.25, -0.2) is 5.10 Å². The van der Waals surface area contributed by atoms with Crippen molar-refractivity contribution in [2.75, 3.05) is 17.6 Å². The zero-order valence-corrected chi connectivity index (χ0v) is 7.62. The number of nitrogens with two attached hydrogens (primary N) is 1. The number of hydrogen-bond acceptors (Lipinski definition) is 5. The van der Waals surface area contributed by atoms with E-state index in [2.05, 4.69) is 20.5 Å². The van der Waals surface area contributed by atoms with E-state index in [0.29, 0.717) is 12.5 Å². The number of nitrogen functional groups attached to an aromatic ring is 1. The van der Waals surface area contributed by atoms with E-state index in [0.717, 1.165) is 12.8 Å². The smallest absolute Gasteiger partial charge is 0.243 e. The van der Waals surface area contributed by atoms with Crippen molar-refractivity contribution in [3.05, 3.63) is 0 Å². The average Bonchev–Trinajstić information content (AvgIpc) is 2.49. The topological polar surface area (TPSA) is 99.8 Å². The molecule has 0 saturated carbocycles. The summed E-state index contributed by atoms with van der Waals surface area (Å²) < 4.78 is 0. The maximum Gasteiger partial charge on any atom is 0.243 e. The molecule has 0 aliphatic rings. The lowest BCUT2D eigenvalue weighted by Gasteiger charge is -2.08. The predicted octanol–water partition coefficient (Wildman–Crippen LogP) is -0.0402. The van der Waals surface area contributed by atoms with E-state index in [4.69, 9.17) is 5.73 Å². The van der Waals surface area contributed by atoms with Crippen LogP contribution in [0, 0.1) is 0 Å². The molecule has 6 heteroatoms. The van der Waals surface area contributed by atoms with E-state index in [9.17, 15) is 5.11 Å². The van der Waals surface area contributed by atoms with Crippen LogP contribution in [0.4, 0.5) is 11.9 Å². The highest BCUT2D eigenvalue weighted by Crippen LogP contribution is 2.01. The molecule has 1 aromatic rings. The zero-order chi connectivity index (χ0) is 9.68. The Bertz CT molecular complexity index is 249. The zero-order valence-electron chi connectivity index (χ0n) is 7.62. The molecule has 0 aliphatic carbocycles. The molecule has 1 heterocycles. The molecular weight excluding hydrogens is 170 g/mol. The van der Waals surface area contributed by atoms with E-state index < -0.39 is 0 Å². The van der Waals surface area contributed by atoms with Crippen LogP contribution in [0.5, 0.6) is 0 Å². The van der Waals surface area contributed by atoms with Crippen molar-refractivity contribution < 1.29 is 5.11 Å². The number of H-pyrrole nitrogens is 1. The van der Waals surface area contributed by atoms with Gasteiger partial charge >= 0.3 is 0 Å². The largest absolute Gasteiger partial charge is 0.391 e. The highest BCUT2D eigenvalue weighted by Gasteiger charge is 2.04. The summed E-state index contributed by atoms with van der Waals surface area (Å²) in [7, 11) is 0. The fourth-order valence-corrected chi connectivity index (χ4v) is 0.998. The maximum absolute atomic E-state index is 9.36. The summed E-state index contributed by atoms with van der Waals surface area (Å²) in [4.78, 5) is 3.83. The van der Waals surface area contributed by atoms with Crippen molar-refractivity contribution in [3.63, 3.8) is 0 Å². The van der Waals surface area contributed by atoms with Gasteiger partial charge < -0.3 is 16.2 Å². The average molecular weight is 185 g/mol. The highest BCUT2D eigenvalue weighted by atomic mass is 16.3. The molecule has 0 spiro atoms. The van der Waals surface area contributed by atoms with Gasteiger partial charge in [0, 0.05) is 6.54 Å². The first-order valence-corrected chi connectivity index (χ1v) is 4.32. The van der Waals surface area contributed by atoms with Crippen molar-refractivity contribution in [1.29, 1.82) is 0 Å². The van der Waals surface area contributed by atoms with Gasteiger partial charge in [0.2, 0.25) is 11.9 Å². The number of anilines is 2. The fraction of sp³-hybridized carbons (Fsp3) is 0.714. The van der Waals surface area contributed by atoms with Crippen LogP contribution >= 0.6 is 0 Å². The summed E-state index contributed by atoms with van der Waals surface area (Å²) >= 11 is 0. The molecule has 13 heavy (non-hydrogen) atoms. The van der Waals surface area contributed by atoms with Gasteiger partial charge in [-0.3, -0.25) is 0 Å². The van der Waals surface area contributed by atoms with Crippen molar-refractivity contribution in [3.8, 4) is 0 Å². The number of aliphatic hydroxyl groups excluding tert-OH is 1. The van der Waals surface area contributed by atoms with Gasteiger partial charge in [0.05, 0.1) is 6.10 Å². The van der Waals surface area contributed by atoms with Gasteiger partial charge in [-0.05, 0) is 6.42 Å². The minimum Gasteiger partial charge on any atom is -0.391 e. The third-order valence-corrected chi connectivity index (χ3v) is 1.62. The van der Waals surface area contributed by atoms with Gasteiger partial charge in [-0.15, -0.1) is 5.10 Å². The minimum atomic E-state index is -0.357. The molecule has 5 N–H and O–H groups in total. The second-order valence-electron chi connectivity index (χ2n) is 2.87. The molecule has 1 unspecified atom stereocenters. The van der Waals surface area contributed by atoms with Gasteiger partial charge in [-0.1, -0.05) is 13.3 Å². The third kappa shape index (κ3) is 3.29. The van der Waals surface area contributed by atoms with Crippen LogP contribution in [0.1, 0.15) is 19.8 Å². The molecule has 0 amide bonds. The van der Waals surface area contributed by atoms with Crippen LogP contribution in [-0.4, -0.2) is 32.9 Å². The predicted molar refractivity (Wildman–Crippen MR) is 50.2 cm³/mol. The van der Waals surface area contributed by atoms with Gasteiger partial charge in [-0.2, -0.15) is 4.98 Å². The Morgan fingerprint density at radius 1 is 1.69 bits per heavy atom. The Morgan fingerprint density at radius 3 is 3.00 bits per heavy atom. The fourth-order valence-electron chi connectivity index (χ4n) is 0.998. The number of nitrogens with zero attached hydrogens (tertiary/aromatic N) is 2. The number of aromatic nitrogens is 3. The molecule has 6 nitrogen and oxygen atoms in total. The Labute approximate surface area is 76.6 Å². The first kappa shape index (κ1) is 9.79. The molecule has 1 atom stereocenters. The Hall–Kier alpha value is -1.30. The van der Waals surface area contributed by atoms with Gasteiger partial charge in [0.1, 0.15) is 0 Å². The monoisotopic (exact) mass is 185 g/mol. The van der Waals surface area contributed by atoms with Crippen molar-refractivity contribution in [1.82, 2.24) is 15.2 Å². The summed E-state index contributed by atoms with van der Waals surface area (Å²) in [6.07, 6.45) is 1.37. The summed E-state index contributed by atoms with van der Waals surface area (Å²) in [5.74, 6) is 0.695. The standard InChI is InChI=1S/C7H15N5O/c1-2-3-5(13)4-9-7-10-6(8)11-12-7/h5,13H,2-4H2,1H3,(H4,8,9,10,11,12). The van der Waals surface area contributed by atoms with Crippen LogP contribution in [0.15, 0.2) is 0 Å².